The molecule has 10 heteroatoms. The molecule has 2 aliphatic heterocycles. The normalized spacial score (nSPS) is 23.1. The summed E-state index contributed by atoms with van der Waals surface area (Å²) < 4.78 is 22.3. The predicted molar refractivity (Wildman–Crippen MR) is 134 cm³/mol. The lowest BCUT2D eigenvalue weighted by molar-refractivity contribution is -0.151. The van der Waals surface area contributed by atoms with E-state index in [1.807, 2.05) is 13.8 Å². The van der Waals surface area contributed by atoms with Crippen molar-refractivity contribution in [3.8, 4) is 11.5 Å². The molecule has 4 rings (SSSR count). The van der Waals surface area contributed by atoms with Gasteiger partial charge in [-0.15, -0.1) is 0 Å². The first-order valence-electron chi connectivity index (χ1n) is 11.4. The quantitative estimate of drug-likeness (QED) is 0.297. The van der Waals surface area contributed by atoms with Gasteiger partial charge < -0.3 is 24.3 Å². The molecule has 1 aliphatic carbocycles. The Morgan fingerprint density at radius 1 is 1.26 bits per heavy atom. The van der Waals surface area contributed by atoms with E-state index in [0.29, 0.717) is 56.2 Å². The SMILES string of the molecule is CCSCCOC(=O)C1=C(C)NC2=C(C(=O)C(C(=O)OC)C(C)C2)C1c1cc2c(cc1Br)OCO2. The third-order valence-electron chi connectivity index (χ3n) is 6.43. The van der Waals surface area contributed by atoms with Crippen LogP contribution in [0.25, 0.3) is 0 Å². The van der Waals surface area contributed by atoms with E-state index in [0.717, 1.165) is 5.75 Å². The number of ether oxygens (including phenoxy) is 4. The first-order chi connectivity index (χ1) is 16.8. The molecule has 0 spiro atoms. The molecule has 0 fully saturated rings. The van der Waals surface area contributed by atoms with Crippen molar-refractivity contribution in [3.63, 3.8) is 0 Å². The Kier molecular flexibility index (Phi) is 7.80. The maximum atomic E-state index is 13.8. The lowest BCUT2D eigenvalue weighted by atomic mass is 9.69. The number of halogens is 1. The zero-order valence-corrected chi connectivity index (χ0v) is 22.5. The minimum atomic E-state index is -0.951. The fraction of sp³-hybridized carbons (Fsp3) is 0.480. The molecule has 35 heavy (non-hydrogen) atoms. The fourth-order valence-corrected chi connectivity index (χ4v) is 5.87. The van der Waals surface area contributed by atoms with Crippen molar-refractivity contribution < 1.29 is 33.3 Å². The van der Waals surface area contributed by atoms with Crippen molar-refractivity contribution in [2.24, 2.45) is 11.8 Å². The zero-order valence-electron chi connectivity index (χ0n) is 20.1. The standard InChI is InChI=1S/C25H28BrNO7S/c1-5-35-7-6-32-25(30)20-13(3)27-16-8-12(2)19(24(29)31-4)23(28)22(16)21(20)14-9-17-18(10-15(14)26)34-11-33-17/h9-10,12,19,21,27H,5-8,11H2,1-4H3. The van der Waals surface area contributed by atoms with Crippen LogP contribution in [0.15, 0.2) is 39.1 Å². The molecule has 2 heterocycles. The molecule has 3 atom stereocenters. The van der Waals surface area contributed by atoms with Crippen molar-refractivity contribution in [3.05, 3.63) is 44.7 Å². The molecule has 1 aromatic rings. The van der Waals surface area contributed by atoms with E-state index in [4.69, 9.17) is 18.9 Å². The Labute approximate surface area is 216 Å². The van der Waals surface area contributed by atoms with Crippen molar-refractivity contribution in [2.75, 3.05) is 32.0 Å². The van der Waals surface area contributed by atoms with Gasteiger partial charge in [-0.25, -0.2) is 4.79 Å². The molecule has 0 aromatic heterocycles. The van der Waals surface area contributed by atoms with Crippen LogP contribution < -0.4 is 14.8 Å². The summed E-state index contributed by atoms with van der Waals surface area (Å²) in [6, 6.07) is 3.54. The number of thioether (sulfide) groups is 1. The molecule has 188 valence electrons. The number of carbonyl (C=O) groups is 3. The molecule has 8 nitrogen and oxygen atoms in total. The first kappa shape index (κ1) is 25.6. The second-order valence-electron chi connectivity index (χ2n) is 8.60. The van der Waals surface area contributed by atoms with Crippen molar-refractivity contribution in [1.82, 2.24) is 5.32 Å². The molecule has 0 saturated carbocycles. The van der Waals surface area contributed by atoms with E-state index in [-0.39, 0.29) is 25.1 Å². The van der Waals surface area contributed by atoms with Crippen LogP contribution in [0.5, 0.6) is 11.5 Å². The Hall–Kier alpha value is -2.46. The summed E-state index contributed by atoms with van der Waals surface area (Å²) in [5.74, 6) is -0.711. The number of methoxy groups -OCH3 is 1. The number of hydrogen-bond donors (Lipinski definition) is 1. The monoisotopic (exact) mass is 565 g/mol. The first-order valence-corrected chi connectivity index (χ1v) is 13.4. The average Bonchev–Trinajstić information content (AvgIpc) is 3.27. The van der Waals surface area contributed by atoms with Gasteiger partial charge in [-0.05, 0) is 42.7 Å². The van der Waals surface area contributed by atoms with Crippen LogP contribution in [0.1, 0.15) is 38.7 Å². The molecule has 1 N–H and O–H groups in total. The number of nitrogens with one attached hydrogen (secondary N) is 1. The average molecular weight is 566 g/mol. The van der Waals surface area contributed by atoms with E-state index in [1.165, 1.54) is 7.11 Å². The zero-order chi connectivity index (χ0) is 25.3. The highest BCUT2D eigenvalue weighted by molar-refractivity contribution is 9.10. The molecule has 3 aliphatic rings. The minimum Gasteiger partial charge on any atom is -0.468 e. The van der Waals surface area contributed by atoms with E-state index in [9.17, 15) is 14.4 Å². The maximum Gasteiger partial charge on any atom is 0.336 e. The Balaban J connectivity index is 1.82. The number of fused-ring (bicyclic) bond motifs is 1. The number of allylic oxidation sites excluding steroid dienone is 3. The number of Topliss-reactive ketones (excluding diaryl/α,β-unsaturated/α-hetero) is 1. The van der Waals surface area contributed by atoms with Gasteiger partial charge in [-0.1, -0.05) is 29.8 Å². The Morgan fingerprint density at radius 2 is 1.97 bits per heavy atom. The third kappa shape index (κ3) is 4.82. The summed E-state index contributed by atoms with van der Waals surface area (Å²) in [6.07, 6.45) is 0.465. The maximum absolute atomic E-state index is 13.8. The van der Waals surface area contributed by atoms with E-state index >= 15 is 0 Å². The molecule has 0 bridgehead atoms. The van der Waals surface area contributed by atoms with Crippen molar-refractivity contribution >= 4 is 45.4 Å². The van der Waals surface area contributed by atoms with Crippen LogP contribution in [0, 0.1) is 11.8 Å². The molecular weight excluding hydrogens is 538 g/mol. The Bertz CT molecular complexity index is 1130. The van der Waals surface area contributed by atoms with Gasteiger partial charge in [-0.2, -0.15) is 11.8 Å². The second kappa shape index (κ2) is 10.7. The van der Waals surface area contributed by atoms with Crippen LogP contribution in [0.2, 0.25) is 0 Å². The van der Waals surface area contributed by atoms with Crippen molar-refractivity contribution in [2.45, 2.75) is 33.1 Å². The molecule has 1 aromatic carbocycles. The van der Waals surface area contributed by atoms with Crippen molar-refractivity contribution in [1.29, 1.82) is 0 Å². The lowest BCUT2D eigenvalue weighted by Crippen LogP contribution is -2.43. The summed E-state index contributed by atoms with van der Waals surface area (Å²) >= 11 is 5.28. The highest BCUT2D eigenvalue weighted by Crippen LogP contribution is 2.49. The second-order valence-corrected chi connectivity index (χ2v) is 10.8. The summed E-state index contributed by atoms with van der Waals surface area (Å²) in [4.78, 5) is 39.8. The predicted octanol–water partition coefficient (Wildman–Crippen LogP) is 4.09. The summed E-state index contributed by atoms with van der Waals surface area (Å²) in [5, 5.41) is 3.27. The van der Waals surface area contributed by atoms with Gasteiger partial charge in [0.2, 0.25) is 6.79 Å². The van der Waals surface area contributed by atoms with Crippen LogP contribution in [0.4, 0.5) is 0 Å². The number of carbonyl (C=O) groups excluding carboxylic acids is 3. The smallest absolute Gasteiger partial charge is 0.336 e. The largest absolute Gasteiger partial charge is 0.468 e. The van der Waals surface area contributed by atoms with Gasteiger partial charge in [0.15, 0.2) is 17.3 Å². The number of rotatable bonds is 7. The summed E-state index contributed by atoms with van der Waals surface area (Å²) in [7, 11) is 1.28. The summed E-state index contributed by atoms with van der Waals surface area (Å²) in [6.45, 7) is 6.04. The van der Waals surface area contributed by atoms with Gasteiger partial charge in [0, 0.05) is 33.1 Å². The topological polar surface area (TPSA) is 100 Å². The third-order valence-corrected chi connectivity index (χ3v) is 7.98. The number of dihydropyridines is 1. The van der Waals surface area contributed by atoms with Gasteiger partial charge in [0.05, 0.1) is 12.7 Å². The number of benzene rings is 1. The molecule has 0 saturated heterocycles. The van der Waals surface area contributed by atoms with E-state index in [2.05, 4.69) is 21.2 Å². The Morgan fingerprint density at radius 3 is 2.66 bits per heavy atom. The van der Waals surface area contributed by atoms with E-state index in [1.54, 1.807) is 30.8 Å². The number of hydrogen-bond acceptors (Lipinski definition) is 9. The van der Waals surface area contributed by atoms with Gasteiger partial charge >= 0.3 is 11.9 Å². The molecule has 0 radical (unpaired) electrons. The van der Waals surface area contributed by atoms with Gasteiger partial charge in [0.25, 0.3) is 0 Å². The van der Waals surface area contributed by atoms with Gasteiger partial charge in [-0.3, -0.25) is 9.59 Å². The molecular formula is C25H28BrNO7S. The van der Waals surface area contributed by atoms with Crippen LogP contribution in [-0.2, 0) is 23.9 Å². The van der Waals surface area contributed by atoms with Crippen LogP contribution in [0.3, 0.4) is 0 Å². The lowest BCUT2D eigenvalue weighted by Gasteiger charge is -2.38. The van der Waals surface area contributed by atoms with E-state index < -0.39 is 23.8 Å². The minimum absolute atomic E-state index is 0.0884. The highest BCUT2D eigenvalue weighted by Gasteiger charge is 2.48. The van der Waals surface area contributed by atoms with Crippen LogP contribution >= 0.6 is 27.7 Å². The summed E-state index contributed by atoms with van der Waals surface area (Å²) in [5.41, 5.74) is 2.68. The highest BCUT2D eigenvalue weighted by atomic mass is 79.9. The molecule has 0 amide bonds. The van der Waals surface area contributed by atoms with Gasteiger partial charge in [0.1, 0.15) is 12.5 Å². The number of esters is 2. The molecule has 3 unspecified atom stereocenters. The fourth-order valence-electron chi connectivity index (χ4n) is 4.83. The van der Waals surface area contributed by atoms with Crippen LogP contribution in [-0.4, -0.2) is 49.7 Å². The number of ketones is 1.